The molecule has 1 heterocycles. The predicted octanol–water partition coefficient (Wildman–Crippen LogP) is 1.06. The van der Waals surface area contributed by atoms with Crippen molar-refractivity contribution in [2.75, 3.05) is 0 Å². The molecule has 0 radical (unpaired) electrons. The molecule has 0 saturated heterocycles. The van der Waals surface area contributed by atoms with Crippen molar-refractivity contribution in [2.45, 2.75) is 18.9 Å². The fraction of sp³-hybridized carbons (Fsp3) is 0.375. The second-order valence-corrected chi connectivity index (χ2v) is 2.60. The zero-order valence-corrected chi connectivity index (χ0v) is 5.62. The van der Waals surface area contributed by atoms with Crippen molar-refractivity contribution in [1.29, 1.82) is 0 Å². The number of hydrogen-bond acceptors (Lipinski definition) is 2. The van der Waals surface area contributed by atoms with Crippen molar-refractivity contribution in [1.82, 2.24) is 4.98 Å². The molecule has 2 rings (SSSR count). The van der Waals surface area contributed by atoms with Crippen LogP contribution in [0.25, 0.3) is 0 Å². The summed E-state index contributed by atoms with van der Waals surface area (Å²) in [6, 6.07) is 3.94. The molecule has 52 valence electrons. The lowest BCUT2D eigenvalue weighted by Gasteiger charge is -1.99. The molecule has 0 amide bonds. The highest BCUT2D eigenvalue weighted by Gasteiger charge is 2.20. The maximum Gasteiger partial charge on any atom is 0.0965 e. The number of fused-ring (bicyclic) bond motifs is 1. The number of aromatic nitrogens is 1. The van der Waals surface area contributed by atoms with E-state index in [4.69, 9.17) is 0 Å². The molecule has 2 heteroatoms. The van der Waals surface area contributed by atoms with E-state index < -0.39 is 0 Å². The lowest BCUT2D eigenvalue weighted by molar-refractivity contribution is 0.176. The first kappa shape index (κ1) is 5.86. The van der Waals surface area contributed by atoms with Gasteiger partial charge in [0.1, 0.15) is 0 Å². The summed E-state index contributed by atoms with van der Waals surface area (Å²) in [5.41, 5.74) is 2.08. The van der Waals surface area contributed by atoms with Crippen LogP contribution in [-0.2, 0) is 6.42 Å². The first-order valence-corrected chi connectivity index (χ1v) is 3.50. The van der Waals surface area contributed by atoms with Crippen LogP contribution in [0.15, 0.2) is 18.3 Å². The number of aliphatic hydroxyl groups is 1. The van der Waals surface area contributed by atoms with E-state index in [-0.39, 0.29) is 6.10 Å². The molecule has 2 nitrogen and oxygen atoms in total. The van der Waals surface area contributed by atoms with Gasteiger partial charge in [0.2, 0.25) is 0 Å². The SMILES string of the molecule is OC1CCc2cccnc21. The van der Waals surface area contributed by atoms with Crippen molar-refractivity contribution in [3.63, 3.8) is 0 Å². The second-order valence-electron chi connectivity index (χ2n) is 2.60. The zero-order valence-electron chi connectivity index (χ0n) is 5.62. The van der Waals surface area contributed by atoms with Crippen molar-refractivity contribution < 1.29 is 5.11 Å². The molecule has 1 atom stereocenters. The lowest BCUT2D eigenvalue weighted by Crippen LogP contribution is -1.92. The van der Waals surface area contributed by atoms with Crippen LogP contribution in [0.1, 0.15) is 23.8 Å². The molecule has 1 aliphatic rings. The third kappa shape index (κ3) is 0.727. The van der Waals surface area contributed by atoms with E-state index in [1.807, 2.05) is 12.1 Å². The molecular weight excluding hydrogens is 126 g/mol. The third-order valence-corrected chi connectivity index (χ3v) is 1.93. The molecule has 1 aliphatic carbocycles. The van der Waals surface area contributed by atoms with Gasteiger partial charge in [0, 0.05) is 6.20 Å². The molecule has 0 spiro atoms. The number of pyridine rings is 1. The van der Waals surface area contributed by atoms with Gasteiger partial charge in [-0.2, -0.15) is 0 Å². The van der Waals surface area contributed by atoms with Gasteiger partial charge in [0.15, 0.2) is 0 Å². The maximum absolute atomic E-state index is 9.32. The van der Waals surface area contributed by atoms with Gasteiger partial charge in [-0.3, -0.25) is 4.98 Å². The fourth-order valence-electron chi connectivity index (χ4n) is 1.39. The average Bonchev–Trinajstić information content (AvgIpc) is 2.34. The van der Waals surface area contributed by atoms with E-state index in [9.17, 15) is 5.11 Å². The first-order valence-electron chi connectivity index (χ1n) is 3.50. The van der Waals surface area contributed by atoms with Crippen molar-refractivity contribution >= 4 is 0 Å². The van der Waals surface area contributed by atoms with Crippen LogP contribution >= 0.6 is 0 Å². The Morgan fingerprint density at radius 3 is 3.30 bits per heavy atom. The number of rotatable bonds is 0. The van der Waals surface area contributed by atoms with Crippen LogP contribution in [0.3, 0.4) is 0 Å². The lowest BCUT2D eigenvalue weighted by atomic mass is 10.2. The van der Waals surface area contributed by atoms with E-state index in [1.54, 1.807) is 6.20 Å². The molecule has 10 heavy (non-hydrogen) atoms. The smallest absolute Gasteiger partial charge is 0.0965 e. The molecule has 0 saturated carbocycles. The van der Waals surface area contributed by atoms with Crippen molar-refractivity contribution in [2.24, 2.45) is 0 Å². The van der Waals surface area contributed by atoms with Gasteiger partial charge in [-0.25, -0.2) is 0 Å². The Labute approximate surface area is 59.5 Å². The highest BCUT2D eigenvalue weighted by molar-refractivity contribution is 5.26. The maximum atomic E-state index is 9.32. The molecule has 0 fully saturated rings. The summed E-state index contributed by atoms with van der Waals surface area (Å²) in [4.78, 5) is 4.09. The minimum atomic E-state index is -0.309. The fourth-order valence-corrected chi connectivity index (χ4v) is 1.39. The van der Waals surface area contributed by atoms with Crippen LogP contribution in [0.2, 0.25) is 0 Å². The summed E-state index contributed by atoms with van der Waals surface area (Å²) in [5.74, 6) is 0. The average molecular weight is 135 g/mol. The van der Waals surface area contributed by atoms with E-state index in [1.165, 1.54) is 5.56 Å². The topological polar surface area (TPSA) is 33.1 Å². The molecule has 1 aromatic rings. The number of nitrogens with zero attached hydrogens (tertiary/aromatic N) is 1. The summed E-state index contributed by atoms with van der Waals surface area (Å²) < 4.78 is 0. The van der Waals surface area contributed by atoms with E-state index in [0.29, 0.717) is 0 Å². The quantitative estimate of drug-likeness (QED) is 0.577. The van der Waals surface area contributed by atoms with E-state index in [0.717, 1.165) is 18.5 Å². The second kappa shape index (κ2) is 2.06. The third-order valence-electron chi connectivity index (χ3n) is 1.93. The van der Waals surface area contributed by atoms with Gasteiger partial charge in [-0.1, -0.05) is 6.07 Å². The van der Waals surface area contributed by atoms with Crippen LogP contribution in [0.4, 0.5) is 0 Å². The summed E-state index contributed by atoms with van der Waals surface area (Å²) >= 11 is 0. The molecule has 0 aromatic carbocycles. The van der Waals surface area contributed by atoms with Gasteiger partial charge in [0.25, 0.3) is 0 Å². The summed E-state index contributed by atoms with van der Waals surface area (Å²) in [7, 11) is 0. The minimum Gasteiger partial charge on any atom is -0.387 e. The predicted molar refractivity (Wildman–Crippen MR) is 37.5 cm³/mol. The Bertz CT molecular complexity index is 247. The standard InChI is InChI=1S/C8H9NO/c10-7-4-3-6-2-1-5-9-8(6)7/h1-2,5,7,10H,3-4H2. The number of aliphatic hydroxyl groups excluding tert-OH is 1. The first-order chi connectivity index (χ1) is 4.88. The zero-order chi connectivity index (χ0) is 6.97. The Balaban J connectivity index is 2.51. The monoisotopic (exact) mass is 135 g/mol. The van der Waals surface area contributed by atoms with Crippen LogP contribution in [0.5, 0.6) is 0 Å². The van der Waals surface area contributed by atoms with Crippen molar-refractivity contribution in [3.8, 4) is 0 Å². The van der Waals surface area contributed by atoms with Crippen LogP contribution in [0, 0.1) is 0 Å². The Kier molecular flexibility index (Phi) is 1.21. The van der Waals surface area contributed by atoms with Crippen LogP contribution < -0.4 is 0 Å². The van der Waals surface area contributed by atoms with Gasteiger partial charge < -0.3 is 5.11 Å². The van der Waals surface area contributed by atoms with Gasteiger partial charge in [0.05, 0.1) is 11.8 Å². The van der Waals surface area contributed by atoms with Crippen molar-refractivity contribution in [3.05, 3.63) is 29.6 Å². The highest BCUT2D eigenvalue weighted by atomic mass is 16.3. The summed E-state index contributed by atoms with van der Waals surface area (Å²) in [6.07, 6.45) is 3.24. The Hall–Kier alpha value is -0.890. The number of aryl methyl sites for hydroxylation is 1. The van der Waals surface area contributed by atoms with Gasteiger partial charge in [-0.15, -0.1) is 0 Å². The number of hydrogen-bond donors (Lipinski definition) is 1. The molecule has 1 aromatic heterocycles. The van der Waals surface area contributed by atoms with E-state index >= 15 is 0 Å². The largest absolute Gasteiger partial charge is 0.387 e. The molecule has 0 aliphatic heterocycles. The Morgan fingerprint density at radius 1 is 1.60 bits per heavy atom. The molecular formula is C8H9NO. The summed E-state index contributed by atoms with van der Waals surface area (Å²) in [5, 5.41) is 9.32. The summed E-state index contributed by atoms with van der Waals surface area (Å²) in [6.45, 7) is 0. The Morgan fingerprint density at radius 2 is 2.50 bits per heavy atom. The molecule has 0 bridgehead atoms. The van der Waals surface area contributed by atoms with E-state index in [2.05, 4.69) is 4.98 Å². The molecule has 1 unspecified atom stereocenters. The molecule has 1 N–H and O–H groups in total. The van der Waals surface area contributed by atoms with Gasteiger partial charge >= 0.3 is 0 Å². The normalized spacial score (nSPS) is 22.7. The minimum absolute atomic E-state index is 0.309. The highest BCUT2D eigenvalue weighted by Crippen LogP contribution is 2.27. The van der Waals surface area contributed by atoms with Crippen LogP contribution in [-0.4, -0.2) is 10.1 Å². The van der Waals surface area contributed by atoms with Gasteiger partial charge in [-0.05, 0) is 24.5 Å².